The van der Waals surface area contributed by atoms with Crippen LogP contribution in [0.4, 0.5) is 26.3 Å². The summed E-state index contributed by atoms with van der Waals surface area (Å²) in [4.78, 5) is 0. The van der Waals surface area contributed by atoms with E-state index >= 15 is 0 Å². The molecule has 0 fully saturated rings. The Morgan fingerprint density at radius 3 is 1.87 bits per heavy atom. The monoisotopic (exact) mass is 336 g/mol. The lowest BCUT2D eigenvalue weighted by Gasteiger charge is -2.32. The molecule has 0 aliphatic heterocycles. The highest BCUT2D eigenvalue weighted by Crippen LogP contribution is 2.42. The minimum absolute atomic E-state index is 0.0342. The Kier molecular flexibility index (Phi) is 4.61. The van der Waals surface area contributed by atoms with E-state index in [4.69, 9.17) is 0 Å². The summed E-state index contributed by atoms with van der Waals surface area (Å²) >= 11 is 0. The van der Waals surface area contributed by atoms with Gasteiger partial charge in [-0.3, -0.25) is 0 Å². The van der Waals surface area contributed by atoms with Gasteiger partial charge in [0.1, 0.15) is 0 Å². The van der Waals surface area contributed by atoms with E-state index in [9.17, 15) is 31.4 Å². The molecular formula is C16H14F6O. The highest BCUT2D eigenvalue weighted by atomic mass is 19.4. The molecule has 1 aromatic rings. The standard InChI is InChI=1S/C16H14F6O/c17-15(18,19)12-8-11(9-13(10-12)16(20,21)22)14(6-7-23)4-2-1-3-5-14/h1-4,8-10,23H,5-7H2/t14-/m1/s1. The molecule has 0 saturated heterocycles. The topological polar surface area (TPSA) is 20.2 Å². The van der Waals surface area contributed by atoms with Crippen LogP contribution in [0.5, 0.6) is 0 Å². The third-order valence-electron chi connectivity index (χ3n) is 3.87. The van der Waals surface area contributed by atoms with Crippen molar-refractivity contribution in [3.63, 3.8) is 0 Å². The van der Waals surface area contributed by atoms with Crippen molar-refractivity contribution in [1.29, 1.82) is 0 Å². The summed E-state index contributed by atoms with van der Waals surface area (Å²) in [7, 11) is 0. The maximum absolute atomic E-state index is 13.0. The van der Waals surface area contributed by atoms with E-state index in [-0.39, 0.29) is 31.1 Å². The van der Waals surface area contributed by atoms with Gasteiger partial charge in [-0.25, -0.2) is 0 Å². The number of hydrogen-bond acceptors (Lipinski definition) is 1. The second kappa shape index (κ2) is 6.03. The molecular weight excluding hydrogens is 322 g/mol. The molecule has 0 spiro atoms. The molecule has 1 N–H and O–H groups in total. The molecule has 2 rings (SSSR count). The molecule has 1 aliphatic rings. The Labute approximate surface area is 128 Å². The quantitative estimate of drug-likeness (QED) is 0.782. The first-order valence-corrected chi connectivity index (χ1v) is 6.84. The number of rotatable bonds is 3. The second-order valence-corrected chi connectivity index (χ2v) is 5.42. The van der Waals surface area contributed by atoms with E-state index < -0.39 is 28.9 Å². The molecule has 0 unspecified atom stereocenters. The van der Waals surface area contributed by atoms with Crippen molar-refractivity contribution in [3.8, 4) is 0 Å². The molecule has 0 aromatic heterocycles. The largest absolute Gasteiger partial charge is 0.416 e. The van der Waals surface area contributed by atoms with Crippen molar-refractivity contribution in [2.75, 3.05) is 6.61 Å². The number of benzene rings is 1. The van der Waals surface area contributed by atoms with Crippen LogP contribution in [0.3, 0.4) is 0 Å². The summed E-state index contributed by atoms with van der Waals surface area (Å²) in [5.41, 5.74) is -3.87. The minimum Gasteiger partial charge on any atom is -0.396 e. The highest BCUT2D eigenvalue weighted by molar-refractivity contribution is 5.42. The summed E-state index contributed by atoms with van der Waals surface area (Å²) in [6.45, 7) is -0.351. The zero-order valence-corrected chi connectivity index (χ0v) is 11.9. The van der Waals surface area contributed by atoms with Crippen LogP contribution in [0.1, 0.15) is 29.5 Å². The number of aliphatic hydroxyl groups excluding tert-OH is 1. The van der Waals surface area contributed by atoms with Gasteiger partial charge in [0.2, 0.25) is 0 Å². The molecule has 7 heteroatoms. The molecule has 0 heterocycles. The van der Waals surface area contributed by atoms with Gasteiger partial charge in [-0.05, 0) is 36.6 Å². The Balaban J connectivity index is 2.65. The normalized spacial score (nSPS) is 21.7. The maximum atomic E-state index is 13.0. The smallest absolute Gasteiger partial charge is 0.396 e. The first-order valence-electron chi connectivity index (χ1n) is 6.84. The number of halogens is 6. The van der Waals surface area contributed by atoms with Crippen molar-refractivity contribution >= 4 is 0 Å². The van der Waals surface area contributed by atoms with Crippen molar-refractivity contribution < 1.29 is 31.4 Å². The average molecular weight is 336 g/mol. The molecule has 23 heavy (non-hydrogen) atoms. The lowest BCUT2D eigenvalue weighted by molar-refractivity contribution is -0.143. The molecule has 0 amide bonds. The van der Waals surface area contributed by atoms with Gasteiger partial charge < -0.3 is 5.11 Å². The van der Waals surface area contributed by atoms with E-state index in [1.165, 1.54) is 0 Å². The Morgan fingerprint density at radius 2 is 1.48 bits per heavy atom. The van der Waals surface area contributed by atoms with E-state index in [1.54, 1.807) is 24.3 Å². The van der Waals surface area contributed by atoms with Crippen molar-refractivity contribution in [3.05, 3.63) is 59.2 Å². The zero-order chi connectivity index (χ0) is 17.3. The lowest BCUT2D eigenvalue weighted by Crippen LogP contribution is -2.27. The maximum Gasteiger partial charge on any atom is 0.416 e. The van der Waals surface area contributed by atoms with Crippen LogP contribution in [0.25, 0.3) is 0 Å². The molecule has 0 saturated carbocycles. The predicted octanol–water partition coefficient (Wildman–Crippen LogP) is 4.86. The zero-order valence-electron chi connectivity index (χ0n) is 11.9. The number of aliphatic hydroxyl groups is 1. The van der Waals surface area contributed by atoms with Gasteiger partial charge in [0.15, 0.2) is 0 Å². The summed E-state index contributed by atoms with van der Waals surface area (Å²) < 4.78 is 77.8. The van der Waals surface area contributed by atoms with Gasteiger partial charge in [-0.15, -0.1) is 0 Å². The van der Waals surface area contributed by atoms with Crippen LogP contribution in [0, 0.1) is 0 Å². The van der Waals surface area contributed by atoms with Gasteiger partial charge in [0, 0.05) is 12.0 Å². The molecule has 1 nitrogen and oxygen atoms in total. The third-order valence-corrected chi connectivity index (χ3v) is 3.87. The molecule has 1 aromatic carbocycles. The first-order chi connectivity index (χ1) is 10.6. The Bertz CT molecular complexity index is 594. The fraction of sp³-hybridized carbons (Fsp3) is 0.375. The summed E-state index contributed by atoms with van der Waals surface area (Å²) in [6, 6.07) is 1.57. The number of alkyl halides is 6. The first kappa shape index (κ1) is 17.6. The Hall–Kier alpha value is -1.76. The SMILES string of the molecule is OCC[C@@]1(c2cc(C(F)(F)F)cc(C(F)(F)F)c2)C=CC=CC1. The summed E-state index contributed by atoms with van der Waals surface area (Å²) in [5, 5.41) is 9.20. The highest BCUT2D eigenvalue weighted by Gasteiger charge is 2.39. The second-order valence-electron chi connectivity index (χ2n) is 5.42. The van der Waals surface area contributed by atoms with Gasteiger partial charge in [0.05, 0.1) is 11.1 Å². The van der Waals surface area contributed by atoms with Crippen LogP contribution >= 0.6 is 0 Å². The van der Waals surface area contributed by atoms with E-state index in [0.29, 0.717) is 0 Å². The molecule has 1 atom stereocenters. The van der Waals surface area contributed by atoms with Gasteiger partial charge in [0.25, 0.3) is 0 Å². The molecule has 1 aliphatic carbocycles. The lowest BCUT2D eigenvalue weighted by atomic mass is 9.72. The summed E-state index contributed by atoms with van der Waals surface area (Å²) in [5.74, 6) is 0. The van der Waals surface area contributed by atoms with Crippen LogP contribution in [-0.4, -0.2) is 11.7 Å². The molecule has 0 radical (unpaired) electrons. The predicted molar refractivity (Wildman–Crippen MR) is 72.7 cm³/mol. The van der Waals surface area contributed by atoms with Gasteiger partial charge in [-0.2, -0.15) is 26.3 Å². The van der Waals surface area contributed by atoms with Gasteiger partial charge >= 0.3 is 12.4 Å². The van der Waals surface area contributed by atoms with Crippen molar-refractivity contribution in [1.82, 2.24) is 0 Å². The number of allylic oxidation sites excluding steroid dienone is 4. The summed E-state index contributed by atoms with van der Waals surface area (Å²) in [6.07, 6.45) is -3.09. The number of hydrogen-bond donors (Lipinski definition) is 1. The fourth-order valence-electron chi connectivity index (χ4n) is 2.65. The Morgan fingerprint density at radius 1 is 0.913 bits per heavy atom. The molecule has 0 bridgehead atoms. The third kappa shape index (κ3) is 3.77. The minimum atomic E-state index is -4.88. The van der Waals surface area contributed by atoms with Crippen LogP contribution in [0.15, 0.2) is 42.5 Å². The fourth-order valence-corrected chi connectivity index (χ4v) is 2.65. The van der Waals surface area contributed by atoms with E-state index in [0.717, 1.165) is 12.1 Å². The van der Waals surface area contributed by atoms with E-state index in [2.05, 4.69) is 0 Å². The molecule has 126 valence electrons. The van der Waals surface area contributed by atoms with Crippen LogP contribution in [-0.2, 0) is 17.8 Å². The van der Waals surface area contributed by atoms with Crippen LogP contribution in [0.2, 0.25) is 0 Å². The van der Waals surface area contributed by atoms with E-state index in [1.807, 2.05) is 0 Å². The van der Waals surface area contributed by atoms with Crippen molar-refractivity contribution in [2.24, 2.45) is 0 Å². The average Bonchev–Trinajstić information content (AvgIpc) is 2.46. The van der Waals surface area contributed by atoms with Crippen molar-refractivity contribution in [2.45, 2.75) is 30.6 Å². The van der Waals surface area contributed by atoms with Gasteiger partial charge in [-0.1, -0.05) is 24.3 Å². The van der Waals surface area contributed by atoms with Crippen LogP contribution < -0.4 is 0 Å².